The van der Waals surface area contributed by atoms with E-state index >= 15 is 0 Å². The van der Waals surface area contributed by atoms with Gasteiger partial charge in [-0.2, -0.15) is 5.10 Å². The summed E-state index contributed by atoms with van der Waals surface area (Å²) in [6.07, 6.45) is 23.8. The Kier molecular flexibility index (Phi) is 13.7. The summed E-state index contributed by atoms with van der Waals surface area (Å²) < 4.78 is 7.71. The SMILES string of the molecule is C=C(/C=C\C(Cl)=C/CC)CO/C=C(Cl)/C=C(\C=C/C)NC(=N/C=C/CCC)c1c(C)sc2c1CCc1nn(CC)cc1-2. The topological polar surface area (TPSA) is 51.4 Å². The molecule has 0 radical (unpaired) electrons. The van der Waals surface area contributed by atoms with Crippen LogP contribution in [0.3, 0.4) is 0 Å². The molecule has 0 bridgehead atoms. The number of aliphatic imine (C=N–C) groups is 1. The highest BCUT2D eigenvalue weighted by Gasteiger charge is 2.27. The van der Waals surface area contributed by atoms with Gasteiger partial charge in [-0.3, -0.25) is 4.68 Å². The zero-order valence-electron chi connectivity index (χ0n) is 25.3. The Balaban J connectivity index is 1.88. The standard InChI is InChI=1S/C34H42Cl2N4OS/c1-7-11-12-19-37-34(32-25(6)42-33-29(32)17-18-31-30(33)21-40(10-4)39-31)38-28(14-9-3)20-27(36)23-41-22-24(5)15-16-26(35)13-8-2/h9,12-16,19-21,23H,5,7-8,10-11,17-18,22H2,1-4,6H3,(H,37,38)/b14-9-,16-15-,19-12+,26-13+,27-23-,28-20+. The van der Waals surface area contributed by atoms with Crippen LogP contribution in [0, 0.1) is 6.92 Å². The fourth-order valence-electron chi connectivity index (χ4n) is 4.49. The molecule has 0 aromatic carbocycles. The van der Waals surface area contributed by atoms with E-state index in [1.165, 1.54) is 32.8 Å². The summed E-state index contributed by atoms with van der Waals surface area (Å²) in [5, 5.41) is 9.48. The first-order valence-electron chi connectivity index (χ1n) is 14.5. The van der Waals surface area contributed by atoms with Crippen LogP contribution in [-0.2, 0) is 24.1 Å². The number of aromatic nitrogens is 2. The van der Waals surface area contributed by atoms with E-state index in [1.807, 2.05) is 72.5 Å². The summed E-state index contributed by atoms with van der Waals surface area (Å²) in [5.41, 5.74) is 6.47. The van der Waals surface area contributed by atoms with Gasteiger partial charge in [-0.05, 0) is 75.8 Å². The molecule has 8 heteroatoms. The maximum atomic E-state index is 6.58. The number of unbranched alkanes of at least 4 members (excludes halogenated alkanes) is 1. The van der Waals surface area contributed by atoms with Crippen LogP contribution in [0.25, 0.3) is 10.4 Å². The van der Waals surface area contributed by atoms with E-state index in [0.717, 1.165) is 61.3 Å². The molecule has 0 spiro atoms. The summed E-state index contributed by atoms with van der Waals surface area (Å²) in [4.78, 5) is 7.43. The summed E-state index contributed by atoms with van der Waals surface area (Å²) in [5.74, 6) is 0.800. The third-order valence-electron chi connectivity index (χ3n) is 6.45. The van der Waals surface area contributed by atoms with Crippen LogP contribution in [0.2, 0.25) is 0 Å². The fourth-order valence-corrected chi connectivity index (χ4v) is 6.12. The maximum absolute atomic E-state index is 6.58. The van der Waals surface area contributed by atoms with Crippen molar-refractivity contribution in [2.75, 3.05) is 6.61 Å². The first kappa shape index (κ1) is 33.4. The lowest BCUT2D eigenvalue weighted by Crippen LogP contribution is -2.25. The van der Waals surface area contributed by atoms with Crippen molar-refractivity contribution in [3.8, 4) is 10.4 Å². The highest BCUT2D eigenvalue weighted by Crippen LogP contribution is 2.42. The Labute approximate surface area is 265 Å². The van der Waals surface area contributed by atoms with E-state index in [0.29, 0.717) is 16.7 Å². The number of fused-ring (bicyclic) bond motifs is 3. The van der Waals surface area contributed by atoms with Gasteiger partial charge in [-0.25, -0.2) is 4.99 Å². The number of nitrogens with one attached hydrogen (secondary N) is 1. The summed E-state index contributed by atoms with van der Waals surface area (Å²) in [7, 11) is 0. The average Bonchev–Trinajstić information content (AvgIpc) is 3.54. The number of ether oxygens (including phenoxy) is 1. The molecule has 1 aliphatic carbocycles. The molecule has 0 saturated heterocycles. The van der Waals surface area contributed by atoms with Crippen LogP contribution in [-0.4, -0.2) is 22.2 Å². The van der Waals surface area contributed by atoms with Crippen LogP contribution < -0.4 is 5.32 Å². The van der Waals surface area contributed by atoms with Crippen LogP contribution in [0.1, 0.15) is 68.7 Å². The molecule has 42 heavy (non-hydrogen) atoms. The molecule has 2 aromatic heterocycles. The van der Waals surface area contributed by atoms with Gasteiger partial charge < -0.3 is 10.1 Å². The van der Waals surface area contributed by atoms with E-state index in [1.54, 1.807) is 0 Å². The van der Waals surface area contributed by atoms with Crippen molar-refractivity contribution in [3.63, 3.8) is 0 Å². The number of nitrogens with zero attached hydrogens (tertiary/aromatic N) is 3. The largest absolute Gasteiger partial charge is 0.495 e. The maximum Gasteiger partial charge on any atom is 0.139 e. The van der Waals surface area contributed by atoms with Crippen LogP contribution in [0.5, 0.6) is 0 Å². The number of thiophene rings is 1. The number of aryl methyl sites for hydroxylation is 3. The Morgan fingerprint density at radius 1 is 1.19 bits per heavy atom. The molecule has 2 aromatic rings. The van der Waals surface area contributed by atoms with Crippen molar-refractivity contribution >= 4 is 40.4 Å². The normalized spacial score (nSPS) is 14.7. The van der Waals surface area contributed by atoms with Gasteiger partial charge >= 0.3 is 0 Å². The Morgan fingerprint density at radius 3 is 2.71 bits per heavy atom. The van der Waals surface area contributed by atoms with E-state index < -0.39 is 0 Å². The Hall–Kier alpha value is -3.06. The molecule has 1 aliphatic rings. The van der Waals surface area contributed by atoms with Gasteiger partial charge in [0.2, 0.25) is 0 Å². The molecule has 0 saturated carbocycles. The molecule has 0 atom stereocenters. The van der Waals surface area contributed by atoms with Crippen molar-refractivity contribution in [1.82, 2.24) is 15.1 Å². The third kappa shape index (κ3) is 9.48. The van der Waals surface area contributed by atoms with Crippen LogP contribution >= 0.6 is 34.5 Å². The number of hydrogen-bond acceptors (Lipinski definition) is 4. The van der Waals surface area contributed by atoms with Gasteiger partial charge in [0.15, 0.2) is 0 Å². The molecule has 0 unspecified atom stereocenters. The second kappa shape index (κ2) is 17.2. The zero-order chi connectivity index (χ0) is 30.5. The van der Waals surface area contributed by atoms with Gasteiger partial charge in [0, 0.05) is 50.6 Å². The molecule has 0 aliphatic heterocycles. The van der Waals surface area contributed by atoms with E-state index in [9.17, 15) is 0 Å². The van der Waals surface area contributed by atoms with Gasteiger partial charge in [-0.1, -0.05) is 74.4 Å². The average molecular weight is 626 g/mol. The van der Waals surface area contributed by atoms with Crippen molar-refractivity contribution < 1.29 is 4.74 Å². The predicted molar refractivity (Wildman–Crippen MR) is 182 cm³/mol. The monoisotopic (exact) mass is 624 g/mol. The summed E-state index contributed by atoms with van der Waals surface area (Å²) in [6.45, 7) is 15.6. The molecule has 1 N–H and O–H groups in total. The number of rotatable bonds is 14. The predicted octanol–water partition coefficient (Wildman–Crippen LogP) is 9.89. The molecule has 2 heterocycles. The molecule has 0 amide bonds. The quantitative estimate of drug-likeness (QED) is 0.0984. The molecule has 5 nitrogen and oxygen atoms in total. The Morgan fingerprint density at radius 2 is 2.00 bits per heavy atom. The second-order valence-corrected chi connectivity index (χ2v) is 12.0. The third-order valence-corrected chi connectivity index (χ3v) is 8.11. The number of halogens is 2. The lowest BCUT2D eigenvalue weighted by molar-refractivity contribution is 0.283. The second-order valence-electron chi connectivity index (χ2n) is 9.86. The molecule has 0 fully saturated rings. The van der Waals surface area contributed by atoms with Crippen LogP contribution in [0.4, 0.5) is 0 Å². The van der Waals surface area contributed by atoms with Gasteiger partial charge in [0.05, 0.1) is 10.7 Å². The number of hydrogen-bond donors (Lipinski definition) is 1. The molecule has 3 rings (SSSR count). The van der Waals surface area contributed by atoms with E-state index in [2.05, 4.69) is 44.9 Å². The van der Waals surface area contributed by atoms with Gasteiger partial charge in [0.1, 0.15) is 18.7 Å². The highest BCUT2D eigenvalue weighted by molar-refractivity contribution is 7.16. The summed E-state index contributed by atoms with van der Waals surface area (Å²) in [6, 6.07) is 0. The van der Waals surface area contributed by atoms with Crippen molar-refractivity contribution in [3.05, 3.63) is 111 Å². The van der Waals surface area contributed by atoms with Crippen molar-refractivity contribution in [1.29, 1.82) is 0 Å². The van der Waals surface area contributed by atoms with Crippen LogP contribution in [0.15, 0.2) is 94.1 Å². The minimum absolute atomic E-state index is 0.301. The minimum Gasteiger partial charge on any atom is -0.495 e. The van der Waals surface area contributed by atoms with E-state index in [4.69, 9.17) is 38.0 Å². The lowest BCUT2D eigenvalue weighted by atomic mass is 9.93. The summed E-state index contributed by atoms with van der Waals surface area (Å²) >= 11 is 14.5. The van der Waals surface area contributed by atoms with Gasteiger partial charge in [-0.15, -0.1) is 11.3 Å². The minimum atomic E-state index is 0.301. The molecular weight excluding hydrogens is 583 g/mol. The van der Waals surface area contributed by atoms with Crippen molar-refractivity contribution in [2.45, 2.75) is 73.3 Å². The van der Waals surface area contributed by atoms with Gasteiger partial charge in [0.25, 0.3) is 0 Å². The zero-order valence-corrected chi connectivity index (χ0v) is 27.7. The molecule has 224 valence electrons. The Bertz CT molecular complexity index is 1450. The first-order valence-corrected chi connectivity index (χ1v) is 16.1. The molecular formula is C34H42Cl2N4OS. The lowest BCUT2D eigenvalue weighted by Gasteiger charge is -2.16. The van der Waals surface area contributed by atoms with E-state index in [-0.39, 0.29) is 0 Å². The number of amidine groups is 1. The van der Waals surface area contributed by atoms with Crippen molar-refractivity contribution in [2.24, 2.45) is 4.99 Å². The number of allylic oxidation sites excluding steroid dienone is 8. The fraction of sp³-hybridized carbons (Fsp3) is 0.353. The highest BCUT2D eigenvalue weighted by atomic mass is 35.5. The first-order chi connectivity index (χ1) is 20.3. The smallest absolute Gasteiger partial charge is 0.139 e.